The first kappa shape index (κ1) is 21.5. The van der Waals surface area contributed by atoms with Gasteiger partial charge in [0, 0.05) is 17.2 Å². The number of carbonyl (C=O) groups is 2. The molecule has 0 bridgehead atoms. The fourth-order valence-corrected chi connectivity index (χ4v) is 5.11. The Morgan fingerprint density at radius 1 is 1.16 bits per heavy atom. The van der Waals surface area contributed by atoms with Crippen LogP contribution in [0.15, 0.2) is 53.9 Å². The molecule has 0 unspecified atom stereocenters. The maximum absolute atomic E-state index is 13.4. The van der Waals surface area contributed by atoms with E-state index in [0.29, 0.717) is 12.8 Å². The number of nitrogens with zero attached hydrogens (tertiary/aromatic N) is 1. The molecule has 2 aromatic carbocycles. The van der Waals surface area contributed by atoms with Gasteiger partial charge in [-0.15, -0.1) is 11.3 Å². The molecule has 1 heterocycles. The van der Waals surface area contributed by atoms with Crippen LogP contribution in [0.3, 0.4) is 0 Å². The maximum Gasteiger partial charge on any atom is 0.246 e. The summed E-state index contributed by atoms with van der Waals surface area (Å²) in [6.07, 6.45) is 2.62. The van der Waals surface area contributed by atoms with Gasteiger partial charge in [-0.05, 0) is 67.1 Å². The van der Waals surface area contributed by atoms with Crippen LogP contribution in [0.1, 0.15) is 37.5 Å². The van der Waals surface area contributed by atoms with Gasteiger partial charge in [0.2, 0.25) is 12.3 Å². The average Bonchev–Trinajstić information content (AvgIpc) is 3.33. The van der Waals surface area contributed by atoms with E-state index in [-0.39, 0.29) is 11.9 Å². The molecule has 0 radical (unpaired) electrons. The first-order chi connectivity index (χ1) is 14.8. The molecule has 1 atom stereocenters. The van der Waals surface area contributed by atoms with Crippen LogP contribution < -0.4 is 5.32 Å². The van der Waals surface area contributed by atoms with Gasteiger partial charge in [-0.2, -0.15) is 0 Å². The summed E-state index contributed by atoms with van der Waals surface area (Å²) in [6, 6.07) is 15.7. The lowest BCUT2D eigenvalue weighted by atomic mass is 10.0. The van der Waals surface area contributed by atoms with E-state index >= 15 is 0 Å². The van der Waals surface area contributed by atoms with Crippen molar-refractivity contribution in [3.63, 3.8) is 0 Å². The molecule has 0 saturated carbocycles. The maximum atomic E-state index is 13.4. The van der Waals surface area contributed by atoms with E-state index in [1.54, 1.807) is 11.3 Å². The Labute approximate surface area is 187 Å². The molecule has 4 rings (SSSR count). The molecule has 1 aromatic heterocycles. The summed E-state index contributed by atoms with van der Waals surface area (Å²) < 4.78 is 1.16. The van der Waals surface area contributed by atoms with Gasteiger partial charge < -0.3 is 5.32 Å². The number of fused-ring (bicyclic) bond motifs is 2. The molecule has 3 aromatic rings. The van der Waals surface area contributed by atoms with Gasteiger partial charge >= 0.3 is 0 Å². The highest BCUT2D eigenvalue weighted by molar-refractivity contribution is 7.17. The topological polar surface area (TPSA) is 58.6 Å². The molecule has 1 N–H and O–H groups in total. The minimum absolute atomic E-state index is 0.0229. The quantitative estimate of drug-likeness (QED) is 0.444. The van der Waals surface area contributed by atoms with Gasteiger partial charge in [-0.1, -0.05) is 42.5 Å². The minimum atomic E-state index is -0.751. The highest BCUT2D eigenvalue weighted by Crippen LogP contribution is 2.28. The summed E-state index contributed by atoms with van der Waals surface area (Å²) in [5.74, 6) is -0.190. The van der Waals surface area contributed by atoms with Gasteiger partial charge in [-0.25, -0.2) is 5.06 Å². The fraction of sp³-hybridized carbons (Fsp3) is 0.360. The lowest BCUT2D eigenvalue weighted by Gasteiger charge is -2.32. The molecule has 1 aliphatic rings. The predicted molar refractivity (Wildman–Crippen MR) is 124 cm³/mol. The smallest absolute Gasteiger partial charge is 0.246 e. The number of benzene rings is 2. The van der Waals surface area contributed by atoms with Gasteiger partial charge in [0.05, 0.1) is 5.60 Å². The Balaban J connectivity index is 1.57. The van der Waals surface area contributed by atoms with E-state index < -0.39 is 11.6 Å². The monoisotopic (exact) mass is 436 g/mol. The first-order valence-corrected chi connectivity index (χ1v) is 11.5. The van der Waals surface area contributed by atoms with Crippen molar-refractivity contribution < 1.29 is 14.4 Å². The number of thiophene rings is 1. The van der Waals surface area contributed by atoms with Crippen LogP contribution >= 0.6 is 11.3 Å². The van der Waals surface area contributed by atoms with E-state index in [2.05, 4.69) is 35.0 Å². The fourth-order valence-electron chi connectivity index (χ4n) is 4.13. The van der Waals surface area contributed by atoms with Crippen LogP contribution in [0.2, 0.25) is 0 Å². The van der Waals surface area contributed by atoms with E-state index in [0.717, 1.165) is 28.5 Å². The van der Waals surface area contributed by atoms with Crippen molar-refractivity contribution in [3.05, 3.63) is 70.6 Å². The van der Waals surface area contributed by atoms with Crippen LogP contribution in [0.4, 0.5) is 0 Å². The molecule has 0 spiro atoms. The Kier molecular flexibility index (Phi) is 6.12. The summed E-state index contributed by atoms with van der Waals surface area (Å²) in [4.78, 5) is 31.2. The molecule has 0 fully saturated rings. The normalized spacial score (nSPS) is 14.9. The highest BCUT2D eigenvalue weighted by Gasteiger charge is 2.33. The molecule has 162 valence electrons. The van der Waals surface area contributed by atoms with E-state index in [9.17, 15) is 9.59 Å². The highest BCUT2D eigenvalue weighted by atomic mass is 32.1. The van der Waals surface area contributed by atoms with Crippen LogP contribution in [0, 0.1) is 0 Å². The van der Waals surface area contributed by atoms with Crippen molar-refractivity contribution >= 4 is 33.7 Å². The Morgan fingerprint density at radius 2 is 1.81 bits per heavy atom. The summed E-state index contributed by atoms with van der Waals surface area (Å²) in [6.45, 7) is 5.60. The lowest BCUT2D eigenvalue weighted by Crippen LogP contribution is -2.52. The standard InChI is InChI=1S/C25H28N2O3S/c1-25(2,3)30-27(16-28)22(14-19-15-31-23-11-7-6-10-21(19)23)24(29)26-20-12-17-8-4-5-9-18(17)13-20/h4-11,15-16,20,22H,12-14H2,1-3H3,(H,26,29)/t22-/m0/s1. The van der Waals surface area contributed by atoms with Gasteiger partial charge in [-0.3, -0.25) is 14.4 Å². The minimum Gasteiger partial charge on any atom is -0.351 e. The van der Waals surface area contributed by atoms with Crippen LogP contribution in [-0.2, 0) is 33.7 Å². The number of rotatable bonds is 7. The SMILES string of the molecule is CC(C)(C)ON(C=O)[C@@H](Cc1csc2ccccc12)C(=O)NC1Cc2ccccc2C1. The van der Waals surface area contributed by atoms with E-state index in [4.69, 9.17) is 4.84 Å². The summed E-state index contributed by atoms with van der Waals surface area (Å²) in [5.41, 5.74) is 2.98. The Bertz CT molecular complexity index is 1060. The van der Waals surface area contributed by atoms with E-state index in [1.165, 1.54) is 16.2 Å². The van der Waals surface area contributed by atoms with Crippen molar-refractivity contribution in [2.45, 2.75) is 57.7 Å². The molecule has 5 nitrogen and oxygen atoms in total. The summed E-state index contributed by atoms with van der Waals surface area (Å²) in [7, 11) is 0. The molecule has 0 saturated heterocycles. The average molecular weight is 437 g/mol. The second-order valence-corrected chi connectivity index (χ2v) is 9.94. The van der Waals surface area contributed by atoms with Crippen LogP contribution in [0.5, 0.6) is 0 Å². The Hall–Kier alpha value is -2.70. The van der Waals surface area contributed by atoms with Gasteiger partial charge in [0.25, 0.3) is 0 Å². The third-order valence-corrected chi connectivity index (χ3v) is 6.48. The van der Waals surface area contributed by atoms with Crippen LogP contribution in [-0.4, -0.2) is 35.1 Å². The second kappa shape index (κ2) is 8.81. The zero-order chi connectivity index (χ0) is 22.0. The van der Waals surface area contributed by atoms with Crippen molar-refractivity contribution in [1.29, 1.82) is 0 Å². The third kappa shape index (κ3) is 4.97. The number of carbonyl (C=O) groups excluding carboxylic acids is 2. The Morgan fingerprint density at radius 3 is 2.45 bits per heavy atom. The van der Waals surface area contributed by atoms with Gasteiger partial charge in [0.15, 0.2) is 0 Å². The van der Waals surface area contributed by atoms with Crippen molar-refractivity contribution in [3.8, 4) is 0 Å². The van der Waals surface area contributed by atoms with E-state index in [1.807, 2.05) is 45.0 Å². The zero-order valence-electron chi connectivity index (χ0n) is 18.1. The van der Waals surface area contributed by atoms with Crippen molar-refractivity contribution in [2.24, 2.45) is 0 Å². The first-order valence-electron chi connectivity index (χ1n) is 10.6. The molecule has 1 aliphatic carbocycles. The summed E-state index contributed by atoms with van der Waals surface area (Å²) in [5, 5.41) is 7.53. The molecule has 31 heavy (non-hydrogen) atoms. The predicted octanol–water partition coefficient (Wildman–Crippen LogP) is 4.28. The summed E-state index contributed by atoms with van der Waals surface area (Å²) >= 11 is 1.65. The molecular weight excluding hydrogens is 408 g/mol. The molecular formula is C25H28N2O3S. The molecule has 6 heteroatoms. The van der Waals surface area contributed by atoms with Crippen molar-refractivity contribution in [2.75, 3.05) is 0 Å². The molecule has 0 aliphatic heterocycles. The third-order valence-electron chi connectivity index (χ3n) is 5.46. The second-order valence-electron chi connectivity index (χ2n) is 9.03. The lowest BCUT2D eigenvalue weighted by molar-refractivity contribution is -0.231. The number of hydrogen-bond donors (Lipinski definition) is 1. The zero-order valence-corrected chi connectivity index (χ0v) is 18.9. The van der Waals surface area contributed by atoms with Crippen LogP contribution in [0.25, 0.3) is 10.1 Å². The number of amides is 2. The number of hydroxylamine groups is 2. The number of nitrogens with one attached hydrogen (secondary N) is 1. The van der Waals surface area contributed by atoms with Crippen molar-refractivity contribution in [1.82, 2.24) is 10.4 Å². The largest absolute Gasteiger partial charge is 0.351 e. The molecule has 2 amide bonds. The van der Waals surface area contributed by atoms with Gasteiger partial charge in [0.1, 0.15) is 6.04 Å². The number of hydrogen-bond acceptors (Lipinski definition) is 4.